The van der Waals surface area contributed by atoms with Gasteiger partial charge >= 0.3 is 0 Å². The van der Waals surface area contributed by atoms with Crippen molar-refractivity contribution >= 4 is 21.1 Å². The Hall–Kier alpha value is -1.70. The van der Waals surface area contributed by atoms with Crippen LogP contribution in [0.5, 0.6) is 5.75 Å². The van der Waals surface area contributed by atoms with Crippen molar-refractivity contribution in [3.63, 3.8) is 0 Å². The minimum absolute atomic E-state index is 0.352. The third-order valence-corrected chi connectivity index (χ3v) is 5.36. The standard InChI is InChI=1S/C18H27N3O3S/c1-3-13-21(14-4-2)25(22,23)20-12-7-15-24-17-10-5-8-16-9-6-11-19-18(16)17/h5-6,8-11,20H,3-4,7,12-15H2,1-2H3. The molecule has 2 rings (SSSR count). The molecule has 7 heteroatoms. The van der Waals surface area contributed by atoms with Crippen molar-refractivity contribution in [2.24, 2.45) is 0 Å². The average Bonchev–Trinajstić information content (AvgIpc) is 2.61. The van der Waals surface area contributed by atoms with E-state index in [1.54, 1.807) is 6.20 Å². The van der Waals surface area contributed by atoms with E-state index in [9.17, 15) is 8.42 Å². The predicted molar refractivity (Wildman–Crippen MR) is 101 cm³/mol. The summed E-state index contributed by atoms with van der Waals surface area (Å²) in [6.07, 6.45) is 3.93. The summed E-state index contributed by atoms with van der Waals surface area (Å²) in [5, 5.41) is 1.02. The van der Waals surface area contributed by atoms with Gasteiger partial charge in [-0.05, 0) is 31.4 Å². The minimum Gasteiger partial charge on any atom is -0.491 e. The SMILES string of the molecule is CCCN(CCC)S(=O)(=O)NCCCOc1cccc2cccnc12. The van der Waals surface area contributed by atoms with Gasteiger partial charge in [0.15, 0.2) is 0 Å². The van der Waals surface area contributed by atoms with E-state index < -0.39 is 10.2 Å². The maximum atomic E-state index is 12.3. The number of ether oxygens (including phenoxy) is 1. The summed E-state index contributed by atoms with van der Waals surface area (Å²) >= 11 is 0. The first-order valence-corrected chi connectivity index (χ1v) is 10.2. The number of hydrogen-bond acceptors (Lipinski definition) is 4. The number of para-hydroxylation sites is 1. The first-order valence-electron chi connectivity index (χ1n) is 8.79. The van der Waals surface area contributed by atoms with Crippen LogP contribution in [0.25, 0.3) is 10.9 Å². The van der Waals surface area contributed by atoms with Gasteiger partial charge in [0.1, 0.15) is 11.3 Å². The molecular formula is C18H27N3O3S. The molecule has 0 atom stereocenters. The lowest BCUT2D eigenvalue weighted by molar-refractivity contribution is 0.313. The molecule has 1 N–H and O–H groups in total. The predicted octanol–water partition coefficient (Wildman–Crippen LogP) is 2.96. The van der Waals surface area contributed by atoms with Crippen LogP contribution in [0.1, 0.15) is 33.1 Å². The molecule has 1 aromatic carbocycles. The molecule has 2 aromatic rings. The van der Waals surface area contributed by atoms with E-state index >= 15 is 0 Å². The maximum absolute atomic E-state index is 12.3. The van der Waals surface area contributed by atoms with E-state index in [0.29, 0.717) is 32.7 Å². The monoisotopic (exact) mass is 365 g/mol. The van der Waals surface area contributed by atoms with Gasteiger partial charge in [-0.2, -0.15) is 12.7 Å². The van der Waals surface area contributed by atoms with Gasteiger partial charge in [-0.15, -0.1) is 0 Å². The summed E-state index contributed by atoms with van der Waals surface area (Å²) in [6.45, 7) is 5.82. The number of aromatic nitrogens is 1. The summed E-state index contributed by atoms with van der Waals surface area (Å²) in [7, 11) is -3.41. The van der Waals surface area contributed by atoms with Gasteiger partial charge in [0, 0.05) is 31.2 Å². The van der Waals surface area contributed by atoms with Crippen LogP contribution in [0.4, 0.5) is 0 Å². The average molecular weight is 365 g/mol. The van der Waals surface area contributed by atoms with Gasteiger partial charge in [0.2, 0.25) is 0 Å². The molecule has 0 bridgehead atoms. The van der Waals surface area contributed by atoms with Gasteiger partial charge < -0.3 is 4.74 Å². The topological polar surface area (TPSA) is 71.5 Å². The highest BCUT2D eigenvalue weighted by atomic mass is 32.2. The van der Waals surface area contributed by atoms with Gasteiger partial charge in [-0.1, -0.05) is 32.0 Å². The summed E-state index contributed by atoms with van der Waals surface area (Å²) in [5.41, 5.74) is 0.822. The first kappa shape index (κ1) is 19.6. The van der Waals surface area contributed by atoms with Crippen LogP contribution in [-0.2, 0) is 10.2 Å². The highest BCUT2D eigenvalue weighted by molar-refractivity contribution is 7.87. The molecule has 0 aliphatic carbocycles. The molecule has 0 saturated heterocycles. The molecule has 0 aliphatic heterocycles. The van der Waals surface area contributed by atoms with E-state index in [0.717, 1.165) is 29.5 Å². The van der Waals surface area contributed by atoms with Crippen molar-refractivity contribution < 1.29 is 13.2 Å². The van der Waals surface area contributed by atoms with Crippen LogP contribution in [0.2, 0.25) is 0 Å². The summed E-state index contributed by atoms with van der Waals surface area (Å²) in [6, 6.07) is 9.66. The van der Waals surface area contributed by atoms with E-state index in [-0.39, 0.29) is 0 Å². The number of hydrogen-bond donors (Lipinski definition) is 1. The van der Waals surface area contributed by atoms with Crippen LogP contribution >= 0.6 is 0 Å². The fourth-order valence-corrected chi connectivity index (χ4v) is 4.02. The van der Waals surface area contributed by atoms with Crippen LogP contribution in [0.15, 0.2) is 36.5 Å². The smallest absolute Gasteiger partial charge is 0.279 e. The zero-order valence-corrected chi connectivity index (χ0v) is 15.8. The molecule has 0 aliphatic rings. The fourth-order valence-electron chi connectivity index (χ4n) is 2.59. The Morgan fingerprint density at radius 1 is 1.12 bits per heavy atom. The lowest BCUT2D eigenvalue weighted by Gasteiger charge is -2.21. The fraction of sp³-hybridized carbons (Fsp3) is 0.500. The summed E-state index contributed by atoms with van der Waals surface area (Å²) in [4.78, 5) is 4.34. The summed E-state index contributed by atoms with van der Waals surface area (Å²) in [5.74, 6) is 0.722. The van der Waals surface area contributed by atoms with Crippen molar-refractivity contribution in [2.75, 3.05) is 26.2 Å². The molecule has 6 nitrogen and oxygen atoms in total. The van der Waals surface area contributed by atoms with Crippen LogP contribution in [0, 0.1) is 0 Å². The number of pyridine rings is 1. The van der Waals surface area contributed by atoms with Crippen molar-refractivity contribution in [1.82, 2.24) is 14.0 Å². The van der Waals surface area contributed by atoms with Crippen molar-refractivity contribution in [2.45, 2.75) is 33.1 Å². The lowest BCUT2D eigenvalue weighted by Crippen LogP contribution is -2.42. The molecule has 1 aromatic heterocycles. The highest BCUT2D eigenvalue weighted by Crippen LogP contribution is 2.22. The quantitative estimate of drug-likeness (QED) is 0.622. The molecule has 25 heavy (non-hydrogen) atoms. The Kier molecular flexibility index (Phi) is 7.61. The van der Waals surface area contributed by atoms with E-state index in [1.165, 1.54) is 4.31 Å². The lowest BCUT2D eigenvalue weighted by atomic mass is 10.2. The van der Waals surface area contributed by atoms with Crippen LogP contribution < -0.4 is 9.46 Å². The van der Waals surface area contributed by atoms with Gasteiger partial charge in [-0.25, -0.2) is 4.72 Å². The van der Waals surface area contributed by atoms with Crippen molar-refractivity contribution in [3.05, 3.63) is 36.5 Å². The first-order chi connectivity index (χ1) is 12.1. The second kappa shape index (κ2) is 9.70. The largest absolute Gasteiger partial charge is 0.491 e. The Morgan fingerprint density at radius 2 is 1.84 bits per heavy atom. The number of rotatable bonds is 11. The molecule has 0 saturated carbocycles. The summed E-state index contributed by atoms with van der Waals surface area (Å²) < 4.78 is 34.5. The van der Waals surface area contributed by atoms with Gasteiger partial charge in [0.05, 0.1) is 6.61 Å². The van der Waals surface area contributed by atoms with Gasteiger partial charge in [0.25, 0.3) is 10.2 Å². The second-order valence-corrected chi connectivity index (χ2v) is 7.59. The Balaban J connectivity index is 1.82. The molecule has 0 radical (unpaired) electrons. The van der Waals surface area contributed by atoms with Crippen molar-refractivity contribution in [1.29, 1.82) is 0 Å². The Labute approximate surface area is 150 Å². The number of benzene rings is 1. The Bertz CT molecular complexity index is 754. The third-order valence-electron chi connectivity index (χ3n) is 3.74. The van der Waals surface area contributed by atoms with Crippen LogP contribution in [0.3, 0.4) is 0 Å². The zero-order chi connectivity index (χ0) is 18.1. The maximum Gasteiger partial charge on any atom is 0.279 e. The number of nitrogens with zero attached hydrogens (tertiary/aromatic N) is 2. The molecule has 0 unspecified atom stereocenters. The van der Waals surface area contributed by atoms with Crippen molar-refractivity contribution in [3.8, 4) is 5.75 Å². The molecule has 0 fully saturated rings. The normalized spacial score (nSPS) is 12.0. The van der Waals surface area contributed by atoms with Crippen LogP contribution in [-0.4, -0.2) is 43.9 Å². The number of fused-ring (bicyclic) bond motifs is 1. The molecule has 0 spiro atoms. The van der Waals surface area contributed by atoms with Gasteiger partial charge in [-0.3, -0.25) is 4.98 Å². The third kappa shape index (κ3) is 5.66. The zero-order valence-electron chi connectivity index (χ0n) is 14.9. The number of nitrogens with one attached hydrogen (secondary N) is 1. The molecule has 0 amide bonds. The molecule has 1 heterocycles. The van der Waals surface area contributed by atoms with E-state index in [4.69, 9.17) is 4.74 Å². The molecule has 138 valence electrons. The van der Waals surface area contributed by atoms with E-state index in [2.05, 4.69) is 9.71 Å². The molecular weight excluding hydrogens is 338 g/mol. The minimum atomic E-state index is -3.41. The van der Waals surface area contributed by atoms with E-state index in [1.807, 2.05) is 44.2 Å². The highest BCUT2D eigenvalue weighted by Gasteiger charge is 2.19. The second-order valence-electron chi connectivity index (χ2n) is 5.83. The Morgan fingerprint density at radius 3 is 2.56 bits per heavy atom.